The molecule has 0 bridgehead atoms. The van der Waals surface area contributed by atoms with Crippen LogP contribution in [0.25, 0.3) is 0 Å². The Kier molecular flexibility index (Phi) is 5.67. The Bertz CT molecular complexity index is 545. The van der Waals surface area contributed by atoms with Crippen molar-refractivity contribution in [2.45, 2.75) is 25.7 Å². The van der Waals surface area contributed by atoms with Crippen molar-refractivity contribution in [2.75, 3.05) is 46.5 Å². The largest absolute Gasteiger partial charge is 0.349 e. The molecule has 0 atom stereocenters. The van der Waals surface area contributed by atoms with Crippen molar-refractivity contribution in [3.8, 4) is 0 Å². The Labute approximate surface area is 138 Å². The molecule has 2 amide bonds. The van der Waals surface area contributed by atoms with E-state index in [1.54, 1.807) is 19.0 Å². The van der Waals surface area contributed by atoms with Crippen LogP contribution in [0.2, 0.25) is 0 Å². The first-order valence-electron chi connectivity index (χ1n) is 8.15. The van der Waals surface area contributed by atoms with Gasteiger partial charge in [-0.15, -0.1) is 0 Å². The number of nitrogens with zero attached hydrogens (tertiary/aromatic N) is 3. The van der Waals surface area contributed by atoms with Crippen LogP contribution in [-0.2, 0) is 19.6 Å². The average Bonchev–Trinajstić information content (AvgIpc) is 2.53. The molecule has 0 aromatic rings. The number of piperidine rings is 2. The number of sulfonamides is 1. The van der Waals surface area contributed by atoms with Gasteiger partial charge in [0.1, 0.15) is 0 Å². The van der Waals surface area contributed by atoms with Crippen LogP contribution < -0.4 is 0 Å². The fourth-order valence-corrected chi connectivity index (χ4v) is 4.28. The van der Waals surface area contributed by atoms with Crippen molar-refractivity contribution in [3.63, 3.8) is 0 Å². The van der Waals surface area contributed by atoms with Gasteiger partial charge in [-0.25, -0.2) is 12.7 Å². The fraction of sp³-hybridized carbons (Fsp3) is 0.867. The van der Waals surface area contributed by atoms with Crippen molar-refractivity contribution in [2.24, 2.45) is 11.8 Å². The van der Waals surface area contributed by atoms with Gasteiger partial charge < -0.3 is 9.80 Å². The highest BCUT2D eigenvalue weighted by Crippen LogP contribution is 2.25. The summed E-state index contributed by atoms with van der Waals surface area (Å²) in [6, 6.07) is 0. The summed E-state index contributed by atoms with van der Waals surface area (Å²) in [6.45, 7) is 2.08. The first kappa shape index (κ1) is 18.2. The monoisotopic (exact) mass is 345 g/mol. The van der Waals surface area contributed by atoms with E-state index >= 15 is 0 Å². The van der Waals surface area contributed by atoms with E-state index in [0.717, 1.165) is 0 Å². The molecule has 2 aliphatic rings. The molecule has 132 valence electrons. The third-order valence-corrected chi connectivity index (χ3v) is 6.17. The van der Waals surface area contributed by atoms with Crippen LogP contribution in [0, 0.1) is 11.8 Å². The molecule has 7 nitrogen and oxygen atoms in total. The van der Waals surface area contributed by atoms with Crippen LogP contribution in [0.1, 0.15) is 25.7 Å². The lowest BCUT2D eigenvalue weighted by Gasteiger charge is -2.36. The number of hydrogen-bond donors (Lipinski definition) is 0. The Morgan fingerprint density at radius 2 is 1.39 bits per heavy atom. The zero-order valence-corrected chi connectivity index (χ0v) is 15.0. The molecule has 0 spiro atoms. The molecule has 0 unspecified atom stereocenters. The maximum absolute atomic E-state index is 12.6. The quantitative estimate of drug-likeness (QED) is 0.720. The lowest BCUT2D eigenvalue weighted by atomic mass is 9.92. The second kappa shape index (κ2) is 7.17. The van der Waals surface area contributed by atoms with E-state index in [0.29, 0.717) is 51.9 Å². The summed E-state index contributed by atoms with van der Waals surface area (Å²) in [5.74, 6) is 0.183. The summed E-state index contributed by atoms with van der Waals surface area (Å²) in [6.07, 6.45) is 3.81. The molecule has 2 fully saturated rings. The molecule has 2 rings (SSSR count). The minimum absolute atomic E-state index is 0.0149. The lowest BCUT2D eigenvalue weighted by Crippen LogP contribution is -2.47. The van der Waals surface area contributed by atoms with E-state index in [9.17, 15) is 18.0 Å². The minimum Gasteiger partial charge on any atom is -0.349 e. The van der Waals surface area contributed by atoms with Crippen molar-refractivity contribution >= 4 is 21.8 Å². The van der Waals surface area contributed by atoms with Crippen molar-refractivity contribution in [3.05, 3.63) is 0 Å². The Hall–Kier alpha value is -1.15. The normalized spacial score (nSPS) is 22.1. The zero-order valence-electron chi connectivity index (χ0n) is 14.2. The average molecular weight is 345 g/mol. The molecule has 2 heterocycles. The van der Waals surface area contributed by atoms with E-state index in [1.165, 1.54) is 10.6 Å². The molecule has 0 aliphatic carbocycles. The number of carbonyl (C=O) groups excluding carboxylic acids is 2. The summed E-state index contributed by atoms with van der Waals surface area (Å²) in [4.78, 5) is 28.0. The van der Waals surface area contributed by atoms with Crippen LogP contribution in [0.15, 0.2) is 0 Å². The third kappa shape index (κ3) is 4.44. The molecule has 0 N–H and O–H groups in total. The predicted octanol–water partition coefficient (Wildman–Crippen LogP) is -0.0152. The van der Waals surface area contributed by atoms with Crippen molar-refractivity contribution < 1.29 is 18.0 Å². The van der Waals surface area contributed by atoms with Gasteiger partial charge in [0.25, 0.3) is 0 Å². The standard InChI is InChI=1S/C15H27N3O4S/c1-16(2)14(19)12-4-8-17(9-5-12)15(20)13-6-10-18(11-7-13)23(3,21)22/h12-13H,4-11H2,1-3H3. The van der Waals surface area contributed by atoms with Crippen molar-refractivity contribution in [1.29, 1.82) is 0 Å². The van der Waals surface area contributed by atoms with Crippen LogP contribution in [0.4, 0.5) is 0 Å². The smallest absolute Gasteiger partial charge is 0.225 e. The van der Waals surface area contributed by atoms with Crippen LogP contribution in [-0.4, -0.2) is 80.9 Å². The molecular weight excluding hydrogens is 318 g/mol. The molecule has 0 aromatic carbocycles. The number of hydrogen-bond acceptors (Lipinski definition) is 4. The summed E-state index contributed by atoms with van der Waals surface area (Å²) in [5, 5.41) is 0. The van der Waals surface area contributed by atoms with Gasteiger partial charge >= 0.3 is 0 Å². The molecule has 2 aliphatic heterocycles. The first-order valence-corrected chi connectivity index (χ1v) is 10.00. The first-order chi connectivity index (χ1) is 10.7. The third-order valence-electron chi connectivity index (χ3n) is 4.87. The topological polar surface area (TPSA) is 78.0 Å². The lowest BCUT2D eigenvalue weighted by molar-refractivity contribution is -0.142. The van der Waals surface area contributed by atoms with E-state index in [-0.39, 0.29) is 23.7 Å². The minimum atomic E-state index is -3.16. The Balaban J connectivity index is 1.83. The van der Waals surface area contributed by atoms with E-state index < -0.39 is 10.0 Å². The number of likely N-dealkylation sites (tertiary alicyclic amines) is 1. The maximum Gasteiger partial charge on any atom is 0.225 e. The SMILES string of the molecule is CN(C)C(=O)C1CCN(C(=O)C2CCN(S(C)(=O)=O)CC2)CC1. The molecular formula is C15H27N3O4S. The molecule has 0 radical (unpaired) electrons. The number of amides is 2. The van der Waals surface area contributed by atoms with Gasteiger partial charge in [0.2, 0.25) is 21.8 Å². The van der Waals surface area contributed by atoms with Gasteiger partial charge in [0.05, 0.1) is 6.26 Å². The molecule has 23 heavy (non-hydrogen) atoms. The predicted molar refractivity (Wildman–Crippen MR) is 87.1 cm³/mol. The Morgan fingerprint density at radius 1 is 0.913 bits per heavy atom. The van der Waals surface area contributed by atoms with Gasteiger partial charge in [-0.05, 0) is 25.7 Å². The van der Waals surface area contributed by atoms with Crippen LogP contribution in [0.5, 0.6) is 0 Å². The molecule has 0 aromatic heterocycles. The van der Waals surface area contributed by atoms with Gasteiger partial charge in [-0.2, -0.15) is 0 Å². The molecule has 8 heteroatoms. The van der Waals surface area contributed by atoms with Gasteiger partial charge in [0, 0.05) is 52.1 Å². The zero-order chi connectivity index (χ0) is 17.2. The number of rotatable bonds is 3. The van der Waals surface area contributed by atoms with E-state index in [1.807, 2.05) is 4.90 Å². The summed E-state index contributed by atoms with van der Waals surface area (Å²) in [7, 11) is 0.360. The summed E-state index contributed by atoms with van der Waals surface area (Å²) in [5.41, 5.74) is 0. The van der Waals surface area contributed by atoms with Crippen molar-refractivity contribution in [1.82, 2.24) is 14.1 Å². The highest BCUT2D eigenvalue weighted by molar-refractivity contribution is 7.88. The summed E-state index contributed by atoms with van der Waals surface area (Å²) < 4.78 is 24.5. The molecule has 2 saturated heterocycles. The highest BCUT2D eigenvalue weighted by Gasteiger charge is 2.34. The van der Waals surface area contributed by atoms with Gasteiger partial charge in [0.15, 0.2) is 0 Å². The van der Waals surface area contributed by atoms with Crippen LogP contribution >= 0.6 is 0 Å². The second-order valence-corrected chi connectivity index (χ2v) is 8.75. The maximum atomic E-state index is 12.6. The second-order valence-electron chi connectivity index (χ2n) is 6.77. The van der Waals surface area contributed by atoms with Gasteiger partial charge in [-0.3, -0.25) is 9.59 Å². The molecule has 0 saturated carbocycles. The van der Waals surface area contributed by atoms with Crippen LogP contribution in [0.3, 0.4) is 0 Å². The van der Waals surface area contributed by atoms with E-state index in [4.69, 9.17) is 0 Å². The highest BCUT2D eigenvalue weighted by atomic mass is 32.2. The van der Waals surface area contributed by atoms with Gasteiger partial charge in [-0.1, -0.05) is 0 Å². The van der Waals surface area contributed by atoms with E-state index in [2.05, 4.69) is 0 Å². The fourth-order valence-electron chi connectivity index (χ4n) is 3.40. The summed E-state index contributed by atoms with van der Waals surface area (Å²) >= 11 is 0. The number of carbonyl (C=O) groups is 2. The Morgan fingerprint density at radius 3 is 1.83 bits per heavy atom.